The molecule has 1 heterocycles. The van der Waals surface area contributed by atoms with E-state index in [0.29, 0.717) is 19.6 Å². The highest BCUT2D eigenvalue weighted by Crippen LogP contribution is 2.19. The van der Waals surface area contributed by atoms with Gasteiger partial charge in [-0.3, -0.25) is 4.79 Å². The third-order valence-electron chi connectivity index (χ3n) is 2.96. The predicted octanol–water partition coefficient (Wildman–Crippen LogP) is 2.11. The molecule has 1 amide bonds. The number of imidazole rings is 1. The Kier molecular flexibility index (Phi) is 4.76. The summed E-state index contributed by atoms with van der Waals surface area (Å²) >= 11 is 0. The van der Waals surface area contributed by atoms with Crippen molar-refractivity contribution in [3.8, 4) is 5.75 Å². The molecule has 0 unspecified atom stereocenters. The van der Waals surface area contributed by atoms with Crippen LogP contribution in [-0.2, 0) is 11.3 Å². The summed E-state index contributed by atoms with van der Waals surface area (Å²) in [6.07, 6.45) is 3.61. The first-order chi connectivity index (χ1) is 9.65. The third-order valence-corrected chi connectivity index (χ3v) is 2.96. The number of hydrogen-bond donors (Lipinski definition) is 2. The third kappa shape index (κ3) is 4.12. The topological polar surface area (TPSA) is 67.0 Å². The SMILES string of the molecule is Cc1ccc(C)c(OCCC(=O)NCc2cnc[nH]2)c1. The Bertz CT molecular complexity index is 565. The van der Waals surface area contributed by atoms with Crippen molar-refractivity contribution in [3.63, 3.8) is 0 Å². The summed E-state index contributed by atoms with van der Waals surface area (Å²) in [6, 6.07) is 6.04. The maximum absolute atomic E-state index is 11.7. The van der Waals surface area contributed by atoms with Crippen LogP contribution in [0.15, 0.2) is 30.7 Å². The van der Waals surface area contributed by atoms with Crippen LogP contribution >= 0.6 is 0 Å². The molecule has 0 bridgehead atoms. The minimum atomic E-state index is -0.0371. The van der Waals surface area contributed by atoms with Gasteiger partial charge in [0.2, 0.25) is 5.91 Å². The molecule has 5 nitrogen and oxygen atoms in total. The van der Waals surface area contributed by atoms with E-state index in [1.54, 1.807) is 12.5 Å². The van der Waals surface area contributed by atoms with Crippen LogP contribution in [0.4, 0.5) is 0 Å². The zero-order valence-electron chi connectivity index (χ0n) is 11.8. The van der Waals surface area contributed by atoms with Crippen molar-refractivity contribution in [2.45, 2.75) is 26.8 Å². The summed E-state index contributed by atoms with van der Waals surface area (Å²) in [7, 11) is 0. The molecule has 2 aromatic rings. The Morgan fingerprint density at radius 1 is 1.40 bits per heavy atom. The van der Waals surface area contributed by atoms with Gasteiger partial charge < -0.3 is 15.0 Å². The van der Waals surface area contributed by atoms with E-state index in [4.69, 9.17) is 4.74 Å². The van der Waals surface area contributed by atoms with Crippen LogP contribution in [0.5, 0.6) is 5.75 Å². The minimum Gasteiger partial charge on any atom is -0.493 e. The van der Waals surface area contributed by atoms with Gasteiger partial charge in [0.25, 0.3) is 0 Å². The highest BCUT2D eigenvalue weighted by molar-refractivity contribution is 5.75. The molecule has 2 N–H and O–H groups in total. The average Bonchev–Trinajstić information content (AvgIpc) is 2.93. The second-order valence-corrected chi connectivity index (χ2v) is 4.72. The number of carbonyl (C=O) groups is 1. The van der Waals surface area contributed by atoms with E-state index >= 15 is 0 Å². The van der Waals surface area contributed by atoms with Crippen LogP contribution in [0.25, 0.3) is 0 Å². The second kappa shape index (κ2) is 6.75. The number of nitrogens with zero attached hydrogens (tertiary/aromatic N) is 1. The maximum Gasteiger partial charge on any atom is 0.223 e. The molecule has 1 aromatic heterocycles. The molecule has 0 aliphatic rings. The van der Waals surface area contributed by atoms with Gasteiger partial charge in [-0.15, -0.1) is 0 Å². The van der Waals surface area contributed by atoms with E-state index in [2.05, 4.69) is 15.3 Å². The lowest BCUT2D eigenvalue weighted by molar-refractivity contribution is -0.121. The molecule has 106 valence electrons. The molecule has 0 fully saturated rings. The minimum absolute atomic E-state index is 0.0371. The monoisotopic (exact) mass is 273 g/mol. The first kappa shape index (κ1) is 14.1. The van der Waals surface area contributed by atoms with E-state index in [1.165, 1.54) is 0 Å². The Hall–Kier alpha value is -2.30. The van der Waals surface area contributed by atoms with Gasteiger partial charge in [0.05, 0.1) is 31.6 Å². The summed E-state index contributed by atoms with van der Waals surface area (Å²) < 4.78 is 5.64. The van der Waals surface area contributed by atoms with Crippen LogP contribution in [0, 0.1) is 13.8 Å². The molecular weight excluding hydrogens is 254 g/mol. The van der Waals surface area contributed by atoms with Crippen LogP contribution in [0.2, 0.25) is 0 Å². The van der Waals surface area contributed by atoms with E-state index in [1.807, 2.05) is 32.0 Å². The fraction of sp³-hybridized carbons (Fsp3) is 0.333. The normalized spacial score (nSPS) is 10.3. The van der Waals surface area contributed by atoms with Gasteiger partial charge in [0, 0.05) is 6.20 Å². The second-order valence-electron chi connectivity index (χ2n) is 4.72. The van der Waals surface area contributed by atoms with Crippen LogP contribution in [0.1, 0.15) is 23.2 Å². The molecule has 20 heavy (non-hydrogen) atoms. The van der Waals surface area contributed by atoms with Crippen molar-refractivity contribution in [1.82, 2.24) is 15.3 Å². The highest BCUT2D eigenvalue weighted by Gasteiger charge is 2.04. The van der Waals surface area contributed by atoms with E-state index < -0.39 is 0 Å². The summed E-state index contributed by atoms with van der Waals surface area (Å²) in [5, 5.41) is 2.81. The standard InChI is InChI=1S/C15H19N3O2/c1-11-3-4-12(2)14(7-11)20-6-5-15(19)17-9-13-8-16-10-18-13/h3-4,7-8,10H,5-6,9H2,1-2H3,(H,16,18)(H,17,19). The Morgan fingerprint density at radius 2 is 2.25 bits per heavy atom. The number of aryl methyl sites for hydroxylation is 2. The number of aromatic amines is 1. The van der Waals surface area contributed by atoms with Gasteiger partial charge in [-0.25, -0.2) is 4.98 Å². The van der Waals surface area contributed by atoms with Gasteiger partial charge in [-0.2, -0.15) is 0 Å². The molecular formula is C15H19N3O2. The quantitative estimate of drug-likeness (QED) is 0.847. The zero-order chi connectivity index (χ0) is 14.4. The summed E-state index contributed by atoms with van der Waals surface area (Å²) in [4.78, 5) is 18.5. The van der Waals surface area contributed by atoms with E-state index in [9.17, 15) is 4.79 Å². The smallest absolute Gasteiger partial charge is 0.223 e. The van der Waals surface area contributed by atoms with Crippen molar-refractivity contribution >= 4 is 5.91 Å². The first-order valence-corrected chi connectivity index (χ1v) is 6.59. The molecule has 0 saturated carbocycles. The number of amides is 1. The number of H-pyrrole nitrogens is 1. The summed E-state index contributed by atoms with van der Waals surface area (Å²) in [5.74, 6) is 0.802. The summed E-state index contributed by atoms with van der Waals surface area (Å²) in [6.45, 7) is 4.85. The van der Waals surface area contributed by atoms with E-state index in [0.717, 1.165) is 22.6 Å². The molecule has 1 aromatic carbocycles. The van der Waals surface area contributed by atoms with Crippen LogP contribution < -0.4 is 10.1 Å². The molecule has 0 aliphatic carbocycles. The number of benzene rings is 1. The van der Waals surface area contributed by atoms with Crippen molar-refractivity contribution in [3.05, 3.63) is 47.5 Å². The largest absolute Gasteiger partial charge is 0.493 e. The lowest BCUT2D eigenvalue weighted by Gasteiger charge is -2.10. The van der Waals surface area contributed by atoms with Crippen molar-refractivity contribution in [2.75, 3.05) is 6.61 Å². The number of carbonyl (C=O) groups excluding carboxylic acids is 1. The highest BCUT2D eigenvalue weighted by atomic mass is 16.5. The number of hydrogen-bond acceptors (Lipinski definition) is 3. The number of aromatic nitrogens is 2. The van der Waals surface area contributed by atoms with Gasteiger partial charge in [0.15, 0.2) is 0 Å². The molecule has 0 atom stereocenters. The van der Waals surface area contributed by atoms with Gasteiger partial charge in [0.1, 0.15) is 5.75 Å². The van der Waals surface area contributed by atoms with Crippen LogP contribution in [0.3, 0.4) is 0 Å². The van der Waals surface area contributed by atoms with Gasteiger partial charge >= 0.3 is 0 Å². The molecule has 0 aliphatic heterocycles. The van der Waals surface area contributed by atoms with Crippen molar-refractivity contribution in [2.24, 2.45) is 0 Å². The fourth-order valence-corrected chi connectivity index (χ4v) is 1.78. The Morgan fingerprint density at radius 3 is 3.00 bits per heavy atom. The summed E-state index contributed by atoms with van der Waals surface area (Å²) in [5.41, 5.74) is 3.11. The Balaban J connectivity index is 1.72. The zero-order valence-corrected chi connectivity index (χ0v) is 11.8. The molecule has 0 saturated heterocycles. The number of ether oxygens (including phenoxy) is 1. The molecule has 0 spiro atoms. The maximum atomic E-state index is 11.7. The molecule has 0 radical (unpaired) electrons. The van der Waals surface area contributed by atoms with Gasteiger partial charge in [-0.05, 0) is 31.0 Å². The van der Waals surface area contributed by atoms with Gasteiger partial charge in [-0.1, -0.05) is 12.1 Å². The lowest BCUT2D eigenvalue weighted by atomic mass is 10.1. The van der Waals surface area contributed by atoms with E-state index in [-0.39, 0.29) is 5.91 Å². The fourth-order valence-electron chi connectivity index (χ4n) is 1.78. The number of rotatable bonds is 6. The van der Waals surface area contributed by atoms with Crippen molar-refractivity contribution in [1.29, 1.82) is 0 Å². The average molecular weight is 273 g/mol. The lowest BCUT2D eigenvalue weighted by Crippen LogP contribution is -2.24. The number of nitrogens with one attached hydrogen (secondary N) is 2. The first-order valence-electron chi connectivity index (χ1n) is 6.59. The molecule has 5 heteroatoms. The molecule has 2 rings (SSSR count). The Labute approximate surface area is 118 Å². The van der Waals surface area contributed by atoms with Crippen molar-refractivity contribution < 1.29 is 9.53 Å². The predicted molar refractivity (Wildman–Crippen MR) is 76.5 cm³/mol. The van der Waals surface area contributed by atoms with Crippen LogP contribution in [-0.4, -0.2) is 22.5 Å².